The van der Waals surface area contributed by atoms with Gasteiger partial charge in [0.1, 0.15) is 11.5 Å². The van der Waals surface area contributed by atoms with Crippen LogP contribution >= 0.6 is 0 Å². The van der Waals surface area contributed by atoms with Gasteiger partial charge in [-0.05, 0) is 20.8 Å². The average molecular weight is 244 g/mol. The molecule has 1 rings (SSSR count). The topological polar surface area (TPSA) is 78.9 Å². The van der Waals surface area contributed by atoms with Crippen LogP contribution in [0.25, 0.3) is 0 Å². The summed E-state index contributed by atoms with van der Waals surface area (Å²) in [6, 6.07) is 0. The van der Waals surface area contributed by atoms with Crippen molar-refractivity contribution in [2.45, 2.75) is 39.9 Å². The highest BCUT2D eigenvalue weighted by atomic mass is 16.6. The van der Waals surface area contributed by atoms with Crippen molar-refractivity contribution in [3.8, 4) is 0 Å². The van der Waals surface area contributed by atoms with E-state index in [1.165, 1.54) is 13.8 Å². The molecule has 1 saturated heterocycles. The van der Waals surface area contributed by atoms with E-state index >= 15 is 0 Å². The first kappa shape index (κ1) is 13.5. The van der Waals surface area contributed by atoms with E-state index < -0.39 is 35.5 Å². The van der Waals surface area contributed by atoms with E-state index in [0.29, 0.717) is 0 Å². The molecule has 3 atom stereocenters. The van der Waals surface area contributed by atoms with Gasteiger partial charge in [-0.1, -0.05) is 0 Å². The molecular formula is C11H16O6. The minimum Gasteiger partial charge on any atom is -0.465 e. The maximum Gasteiger partial charge on any atom is 0.349 e. The van der Waals surface area contributed by atoms with Gasteiger partial charge in [-0.25, -0.2) is 4.79 Å². The van der Waals surface area contributed by atoms with E-state index in [4.69, 9.17) is 14.2 Å². The van der Waals surface area contributed by atoms with Crippen LogP contribution in [0.5, 0.6) is 0 Å². The second-order valence-corrected chi connectivity index (χ2v) is 4.07. The van der Waals surface area contributed by atoms with Crippen LogP contribution in [0.2, 0.25) is 0 Å². The molecule has 1 fully saturated rings. The highest BCUT2D eigenvalue weighted by Crippen LogP contribution is 2.38. The van der Waals surface area contributed by atoms with Gasteiger partial charge in [0.15, 0.2) is 0 Å². The highest BCUT2D eigenvalue weighted by molar-refractivity contribution is 5.91. The van der Waals surface area contributed by atoms with Crippen molar-refractivity contribution in [1.82, 2.24) is 0 Å². The molecule has 0 bridgehead atoms. The molecule has 0 amide bonds. The standard InChI is InChI=1S/C11H16O6/c1-5-15-10(14)11(4)6(2)16-9(13)8(11)17-7(3)12/h6,8H,5H2,1-4H3/t6-,8-,11+/m0/s1. The Morgan fingerprint density at radius 1 is 1.47 bits per heavy atom. The van der Waals surface area contributed by atoms with Crippen molar-refractivity contribution >= 4 is 17.9 Å². The first-order valence-corrected chi connectivity index (χ1v) is 5.39. The van der Waals surface area contributed by atoms with Gasteiger partial charge in [-0.15, -0.1) is 0 Å². The molecule has 0 saturated carbocycles. The molecule has 6 heteroatoms. The maximum atomic E-state index is 11.9. The Bertz CT molecular complexity index is 350. The van der Waals surface area contributed by atoms with Crippen molar-refractivity contribution in [2.24, 2.45) is 5.41 Å². The number of esters is 3. The monoisotopic (exact) mass is 244 g/mol. The minimum absolute atomic E-state index is 0.183. The molecular weight excluding hydrogens is 228 g/mol. The molecule has 0 aliphatic carbocycles. The van der Waals surface area contributed by atoms with Crippen molar-refractivity contribution in [3.05, 3.63) is 0 Å². The van der Waals surface area contributed by atoms with E-state index in [1.807, 2.05) is 0 Å². The molecule has 6 nitrogen and oxygen atoms in total. The molecule has 0 aromatic rings. The van der Waals surface area contributed by atoms with Crippen molar-refractivity contribution in [3.63, 3.8) is 0 Å². The molecule has 17 heavy (non-hydrogen) atoms. The van der Waals surface area contributed by atoms with E-state index in [-0.39, 0.29) is 6.61 Å². The summed E-state index contributed by atoms with van der Waals surface area (Å²) < 4.78 is 14.7. The van der Waals surface area contributed by atoms with Gasteiger partial charge in [0, 0.05) is 6.92 Å². The van der Waals surface area contributed by atoms with Gasteiger partial charge in [0.2, 0.25) is 6.10 Å². The van der Waals surface area contributed by atoms with E-state index in [1.54, 1.807) is 13.8 Å². The zero-order valence-corrected chi connectivity index (χ0v) is 10.3. The minimum atomic E-state index is -1.29. The average Bonchev–Trinajstić information content (AvgIpc) is 2.43. The lowest BCUT2D eigenvalue weighted by Gasteiger charge is -2.27. The van der Waals surface area contributed by atoms with Gasteiger partial charge in [-0.3, -0.25) is 9.59 Å². The fraction of sp³-hybridized carbons (Fsp3) is 0.727. The van der Waals surface area contributed by atoms with Gasteiger partial charge in [0.25, 0.3) is 0 Å². The number of cyclic esters (lactones) is 1. The Balaban J connectivity index is 3.02. The number of carbonyl (C=O) groups is 3. The van der Waals surface area contributed by atoms with Crippen LogP contribution in [0, 0.1) is 5.41 Å². The molecule has 1 aliphatic heterocycles. The lowest BCUT2D eigenvalue weighted by Crippen LogP contribution is -2.46. The molecule has 0 radical (unpaired) electrons. The molecule has 0 unspecified atom stereocenters. The van der Waals surface area contributed by atoms with Gasteiger partial charge < -0.3 is 14.2 Å². The summed E-state index contributed by atoms with van der Waals surface area (Å²) in [5.74, 6) is -1.97. The summed E-state index contributed by atoms with van der Waals surface area (Å²) in [5.41, 5.74) is -1.29. The lowest BCUT2D eigenvalue weighted by atomic mass is 9.81. The Kier molecular flexibility index (Phi) is 3.75. The summed E-state index contributed by atoms with van der Waals surface area (Å²) in [6.45, 7) is 6.07. The largest absolute Gasteiger partial charge is 0.465 e. The second kappa shape index (κ2) is 4.73. The molecule has 0 aromatic heterocycles. The summed E-state index contributed by atoms with van der Waals surface area (Å²) in [6.07, 6.45) is -1.94. The number of hydrogen-bond donors (Lipinski definition) is 0. The van der Waals surface area contributed by atoms with Crippen LogP contribution in [-0.2, 0) is 28.6 Å². The number of ether oxygens (including phenoxy) is 3. The summed E-state index contributed by atoms with van der Waals surface area (Å²) in [7, 11) is 0. The molecule has 0 spiro atoms. The zero-order valence-electron chi connectivity index (χ0n) is 10.3. The van der Waals surface area contributed by atoms with Crippen molar-refractivity contribution in [2.75, 3.05) is 6.61 Å². The Hall–Kier alpha value is -1.59. The van der Waals surface area contributed by atoms with Gasteiger partial charge in [0.05, 0.1) is 6.61 Å². The zero-order chi connectivity index (χ0) is 13.2. The van der Waals surface area contributed by atoms with E-state index in [0.717, 1.165) is 0 Å². The van der Waals surface area contributed by atoms with Gasteiger partial charge in [-0.2, -0.15) is 0 Å². The Morgan fingerprint density at radius 3 is 2.53 bits per heavy atom. The molecule has 0 N–H and O–H groups in total. The third-order valence-electron chi connectivity index (χ3n) is 2.90. The maximum absolute atomic E-state index is 11.9. The number of carbonyl (C=O) groups excluding carboxylic acids is 3. The van der Waals surface area contributed by atoms with Crippen LogP contribution in [0.3, 0.4) is 0 Å². The second-order valence-electron chi connectivity index (χ2n) is 4.07. The van der Waals surface area contributed by atoms with Crippen molar-refractivity contribution < 1.29 is 28.6 Å². The predicted molar refractivity (Wildman–Crippen MR) is 55.8 cm³/mol. The number of rotatable bonds is 3. The van der Waals surface area contributed by atoms with Crippen molar-refractivity contribution in [1.29, 1.82) is 0 Å². The SMILES string of the molecule is CCOC(=O)[C@]1(C)[C@H](C)OC(=O)[C@@H]1OC(C)=O. The highest BCUT2D eigenvalue weighted by Gasteiger charge is 2.60. The Labute approximate surface area is 99.2 Å². The smallest absolute Gasteiger partial charge is 0.349 e. The summed E-state index contributed by atoms with van der Waals surface area (Å²) in [4.78, 5) is 34.3. The molecule has 1 heterocycles. The molecule has 96 valence electrons. The normalized spacial score (nSPS) is 31.9. The summed E-state index contributed by atoms with van der Waals surface area (Å²) >= 11 is 0. The van der Waals surface area contributed by atoms with Crippen LogP contribution in [-0.4, -0.2) is 36.7 Å². The fourth-order valence-corrected chi connectivity index (χ4v) is 1.71. The van der Waals surface area contributed by atoms with E-state index in [2.05, 4.69) is 0 Å². The molecule has 0 aromatic carbocycles. The number of hydrogen-bond acceptors (Lipinski definition) is 6. The van der Waals surface area contributed by atoms with Crippen LogP contribution < -0.4 is 0 Å². The quantitative estimate of drug-likeness (QED) is 0.529. The van der Waals surface area contributed by atoms with E-state index in [9.17, 15) is 14.4 Å². The first-order valence-electron chi connectivity index (χ1n) is 5.39. The molecule has 1 aliphatic rings. The summed E-state index contributed by atoms with van der Waals surface area (Å²) in [5, 5.41) is 0. The predicted octanol–water partition coefficient (Wildman–Crippen LogP) is 0.433. The van der Waals surface area contributed by atoms with Crippen LogP contribution in [0.1, 0.15) is 27.7 Å². The third kappa shape index (κ3) is 2.25. The fourth-order valence-electron chi connectivity index (χ4n) is 1.71. The third-order valence-corrected chi connectivity index (χ3v) is 2.90. The first-order chi connectivity index (χ1) is 7.83. The lowest BCUT2D eigenvalue weighted by molar-refractivity contribution is -0.171. The Morgan fingerprint density at radius 2 is 2.06 bits per heavy atom. The van der Waals surface area contributed by atoms with Gasteiger partial charge >= 0.3 is 17.9 Å². The van der Waals surface area contributed by atoms with Crippen LogP contribution in [0.15, 0.2) is 0 Å². The van der Waals surface area contributed by atoms with Crippen LogP contribution in [0.4, 0.5) is 0 Å².